The molecule has 2 rings (SSSR count). The molecule has 8 heteroatoms. The number of ether oxygens (including phenoxy) is 1. The van der Waals surface area contributed by atoms with E-state index < -0.39 is 41.1 Å². The Labute approximate surface area is 151 Å². The molecule has 0 aromatic heterocycles. The molecule has 1 aliphatic rings. The van der Waals surface area contributed by atoms with Crippen LogP contribution in [-0.2, 0) is 9.53 Å². The average molecular weight is 362 g/mol. The molecule has 8 nitrogen and oxygen atoms in total. The van der Waals surface area contributed by atoms with Crippen molar-refractivity contribution in [2.45, 2.75) is 45.9 Å². The Morgan fingerprint density at radius 3 is 1.88 bits per heavy atom. The molecule has 1 atom stereocenters. The van der Waals surface area contributed by atoms with Gasteiger partial charge in [0.1, 0.15) is 5.60 Å². The highest BCUT2D eigenvalue weighted by Crippen LogP contribution is 2.33. The fourth-order valence-corrected chi connectivity index (χ4v) is 2.82. The van der Waals surface area contributed by atoms with Crippen LogP contribution in [0.25, 0.3) is 0 Å². The first-order valence-corrected chi connectivity index (χ1v) is 8.14. The summed E-state index contributed by atoms with van der Waals surface area (Å²) in [5.41, 5.74) is -2.98. The van der Waals surface area contributed by atoms with Gasteiger partial charge in [0.2, 0.25) is 5.66 Å². The van der Waals surface area contributed by atoms with Crippen LogP contribution >= 0.6 is 0 Å². The molecule has 1 aliphatic heterocycles. The van der Waals surface area contributed by atoms with Crippen LogP contribution in [-0.4, -0.2) is 45.1 Å². The second-order valence-electron chi connectivity index (χ2n) is 7.34. The number of hydrogen-bond acceptors (Lipinski definition) is 5. The summed E-state index contributed by atoms with van der Waals surface area (Å²) in [7, 11) is 0. The minimum Gasteiger partial charge on any atom is -0.478 e. The molecule has 0 spiro atoms. The first-order valence-electron chi connectivity index (χ1n) is 8.14. The average Bonchev–Trinajstić information content (AvgIpc) is 2.75. The zero-order chi connectivity index (χ0) is 19.9. The molecule has 0 unspecified atom stereocenters. The van der Waals surface area contributed by atoms with E-state index in [4.69, 9.17) is 4.74 Å². The smallest absolute Gasteiger partial charge is 0.409 e. The van der Waals surface area contributed by atoms with Crippen LogP contribution in [0.4, 0.5) is 4.79 Å². The Morgan fingerprint density at radius 2 is 1.54 bits per heavy atom. The van der Waals surface area contributed by atoms with Crippen molar-refractivity contribution in [1.82, 2.24) is 10.2 Å². The molecule has 0 aliphatic carbocycles. The number of aliphatic carboxylic acids is 1. The summed E-state index contributed by atoms with van der Waals surface area (Å²) in [5, 5.41) is 12.1. The standard InChI is InChI=1S/C18H22N2O6/c1-10(2)18(15(23)24,19-16(25)26-17(3,4)5)20-13(21)11-8-6-7-9-12(11)14(20)22/h6-10H,1-5H3,(H,19,25)(H,23,24)/t18-/m0/s1. The van der Waals surface area contributed by atoms with Crippen LogP contribution in [0.15, 0.2) is 24.3 Å². The van der Waals surface area contributed by atoms with Gasteiger partial charge in [0.15, 0.2) is 0 Å². The largest absolute Gasteiger partial charge is 0.478 e. The summed E-state index contributed by atoms with van der Waals surface area (Å²) in [6.45, 7) is 7.84. The molecule has 0 saturated carbocycles. The van der Waals surface area contributed by atoms with Gasteiger partial charge in [-0.15, -0.1) is 0 Å². The van der Waals surface area contributed by atoms with Crippen LogP contribution in [0.3, 0.4) is 0 Å². The van der Waals surface area contributed by atoms with E-state index in [0.717, 1.165) is 0 Å². The number of fused-ring (bicyclic) bond motifs is 1. The SMILES string of the molecule is CC(C)[C@@](NC(=O)OC(C)(C)C)(C(=O)O)N1C(=O)c2ccccc2C1=O. The summed E-state index contributed by atoms with van der Waals surface area (Å²) in [4.78, 5) is 50.6. The second-order valence-corrected chi connectivity index (χ2v) is 7.34. The van der Waals surface area contributed by atoms with Gasteiger partial charge in [-0.1, -0.05) is 26.0 Å². The third kappa shape index (κ3) is 3.14. The van der Waals surface area contributed by atoms with Crippen LogP contribution in [0, 0.1) is 5.92 Å². The van der Waals surface area contributed by atoms with E-state index in [1.54, 1.807) is 32.9 Å². The predicted molar refractivity (Wildman–Crippen MR) is 91.5 cm³/mol. The van der Waals surface area contributed by atoms with Gasteiger partial charge in [0, 0.05) is 5.92 Å². The van der Waals surface area contributed by atoms with E-state index in [1.165, 1.54) is 26.0 Å². The maximum absolute atomic E-state index is 12.8. The summed E-state index contributed by atoms with van der Waals surface area (Å²) < 4.78 is 5.14. The van der Waals surface area contributed by atoms with E-state index >= 15 is 0 Å². The lowest BCUT2D eigenvalue weighted by Crippen LogP contribution is -2.70. The van der Waals surface area contributed by atoms with Gasteiger partial charge in [-0.05, 0) is 32.9 Å². The molecule has 0 saturated heterocycles. The van der Waals surface area contributed by atoms with Crippen LogP contribution in [0.1, 0.15) is 55.3 Å². The topological polar surface area (TPSA) is 113 Å². The van der Waals surface area contributed by atoms with Gasteiger partial charge in [0.25, 0.3) is 11.8 Å². The minimum atomic E-state index is -2.28. The number of nitrogens with zero attached hydrogens (tertiary/aromatic N) is 1. The van der Waals surface area contributed by atoms with E-state index in [0.29, 0.717) is 4.90 Å². The normalized spacial score (nSPS) is 16.3. The zero-order valence-electron chi connectivity index (χ0n) is 15.3. The molecule has 2 N–H and O–H groups in total. The Hall–Kier alpha value is -2.90. The lowest BCUT2D eigenvalue weighted by atomic mass is 9.93. The molecule has 1 aromatic rings. The van der Waals surface area contributed by atoms with Crippen LogP contribution in [0.2, 0.25) is 0 Å². The summed E-state index contributed by atoms with van der Waals surface area (Å²) in [6.07, 6.45) is -1.04. The highest BCUT2D eigenvalue weighted by molar-refractivity contribution is 6.23. The van der Waals surface area contributed by atoms with E-state index in [-0.39, 0.29) is 11.1 Å². The lowest BCUT2D eigenvalue weighted by molar-refractivity contribution is -0.153. The number of nitrogens with one attached hydrogen (secondary N) is 1. The van der Waals surface area contributed by atoms with Crippen molar-refractivity contribution in [1.29, 1.82) is 0 Å². The number of benzene rings is 1. The summed E-state index contributed by atoms with van der Waals surface area (Å²) in [5.74, 6) is -3.92. The van der Waals surface area contributed by atoms with E-state index in [1.807, 2.05) is 0 Å². The van der Waals surface area contributed by atoms with Crippen molar-refractivity contribution in [2.75, 3.05) is 0 Å². The van der Waals surface area contributed by atoms with Gasteiger partial charge < -0.3 is 9.84 Å². The number of carboxylic acid groups (broad SMARTS) is 1. The molecule has 0 bridgehead atoms. The lowest BCUT2D eigenvalue weighted by Gasteiger charge is -2.40. The maximum Gasteiger partial charge on any atom is 0.409 e. The number of carbonyl (C=O) groups is 4. The van der Waals surface area contributed by atoms with Crippen molar-refractivity contribution in [3.05, 3.63) is 35.4 Å². The Bertz CT molecular complexity index is 745. The Balaban J connectivity index is 2.53. The first-order chi connectivity index (χ1) is 11.9. The van der Waals surface area contributed by atoms with Crippen LogP contribution in [0.5, 0.6) is 0 Å². The minimum absolute atomic E-state index is 0.0924. The maximum atomic E-state index is 12.8. The fourth-order valence-electron chi connectivity index (χ4n) is 2.82. The highest BCUT2D eigenvalue weighted by Gasteiger charge is 2.57. The van der Waals surface area contributed by atoms with Crippen molar-refractivity contribution in [2.24, 2.45) is 5.92 Å². The van der Waals surface area contributed by atoms with Crippen molar-refractivity contribution < 1.29 is 29.0 Å². The molecule has 3 amide bonds. The molecule has 26 heavy (non-hydrogen) atoms. The summed E-state index contributed by atoms with van der Waals surface area (Å²) >= 11 is 0. The molecule has 140 valence electrons. The zero-order valence-corrected chi connectivity index (χ0v) is 15.3. The number of hydrogen-bond donors (Lipinski definition) is 2. The molecule has 1 heterocycles. The number of carboxylic acids is 1. The molecule has 0 radical (unpaired) electrons. The quantitative estimate of drug-likeness (QED) is 0.794. The predicted octanol–water partition coefficient (Wildman–Crippen LogP) is 2.24. The Kier molecular flexibility index (Phi) is 4.81. The number of imide groups is 1. The molecular formula is C18H22N2O6. The van der Waals surface area contributed by atoms with Crippen molar-refractivity contribution in [3.8, 4) is 0 Å². The van der Waals surface area contributed by atoms with Gasteiger partial charge >= 0.3 is 12.1 Å². The van der Waals surface area contributed by atoms with Crippen molar-refractivity contribution in [3.63, 3.8) is 0 Å². The monoisotopic (exact) mass is 362 g/mol. The van der Waals surface area contributed by atoms with Gasteiger partial charge in [-0.25, -0.2) is 14.5 Å². The molecular weight excluding hydrogens is 340 g/mol. The van der Waals surface area contributed by atoms with Crippen LogP contribution < -0.4 is 5.32 Å². The van der Waals surface area contributed by atoms with E-state index in [2.05, 4.69) is 5.32 Å². The van der Waals surface area contributed by atoms with Crippen molar-refractivity contribution >= 4 is 23.9 Å². The number of alkyl carbamates (subject to hydrolysis) is 1. The number of rotatable bonds is 4. The number of amides is 3. The second kappa shape index (κ2) is 6.44. The third-order valence-electron chi connectivity index (χ3n) is 4.00. The molecule has 0 fully saturated rings. The first kappa shape index (κ1) is 19.4. The highest BCUT2D eigenvalue weighted by atomic mass is 16.6. The summed E-state index contributed by atoms with van der Waals surface area (Å²) in [6, 6.07) is 6.03. The fraction of sp³-hybridized carbons (Fsp3) is 0.444. The Morgan fingerprint density at radius 1 is 1.08 bits per heavy atom. The van der Waals surface area contributed by atoms with Gasteiger partial charge in [-0.2, -0.15) is 0 Å². The van der Waals surface area contributed by atoms with Gasteiger partial charge in [-0.3, -0.25) is 14.9 Å². The van der Waals surface area contributed by atoms with E-state index in [9.17, 15) is 24.3 Å². The van der Waals surface area contributed by atoms with Gasteiger partial charge in [0.05, 0.1) is 11.1 Å². The number of carbonyl (C=O) groups excluding carboxylic acids is 3. The third-order valence-corrected chi connectivity index (χ3v) is 4.00. The molecule has 1 aromatic carbocycles.